The Labute approximate surface area is 116 Å². The minimum Gasteiger partial charge on any atom is -0.379 e. The Morgan fingerprint density at radius 3 is 2.45 bits per heavy atom. The lowest BCUT2D eigenvalue weighted by Crippen LogP contribution is -2.28. The predicted octanol–water partition coefficient (Wildman–Crippen LogP) is 1.65. The summed E-state index contributed by atoms with van der Waals surface area (Å²) in [4.78, 5) is 11.7. The van der Waals surface area contributed by atoms with Crippen molar-refractivity contribution in [3.63, 3.8) is 0 Å². The third-order valence-electron chi connectivity index (χ3n) is 2.43. The number of carbonyl (C=O) groups is 1. The molecule has 0 aliphatic carbocycles. The fourth-order valence-electron chi connectivity index (χ4n) is 1.50. The van der Waals surface area contributed by atoms with Crippen molar-refractivity contribution in [2.24, 2.45) is 11.8 Å². The van der Waals surface area contributed by atoms with Crippen LogP contribution in [0.25, 0.3) is 0 Å². The molecule has 0 saturated carbocycles. The highest BCUT2D eigenvalue weighted by Crippen LogP contribution is 2.19. The molecule has 4 N–H and O–H groups in total. The van der Waals surface area contributed by atoms with Crippen LogP contribution in [0.5, 0.6) is 0 Å². The van der Waals surface area contributed by atoms with E-state index in [1.807, 2.05) is 19.3 Å². The van der Waals surface area contributed by atoms with Crippen LogP contribution in [-0.4, -0.2) is 25.7 Å². The van der Waals surface area contributed by atoms with Gasteiger partial charge in [-0.3, -0.25) is 10.6 Å². The SMILES string of the molecule is CC(C)COCCNC(=O)c1cc(F)c(NN)c(F)c1. The Balaban J connectivity index is 2.52. The molecule has 7 heteroatoms. The van der Waals surface area contributed by atoms with Gasteiger partial charge in [-0.2, -0.15) is 0 Å². The van der Waals surface area contributed by atoms with Crippen LogP contribution >= 0.6 is 0 Å². The fourth-order valence-corrected chi connectivity index (χ4v) is 1.50. The smallest absolute Gasteiger partial charge is 0.251 e. The molecule has 1 aromatic rings. The molecule has 0 aromatic heterocycles. The molecule has 0 fully saturated rings. The highest BCUT2D eigenvalue weighted by atomic mass is 19.1. The van der Waals surface area contributed by atoms with Gasteiger partial charge in [0.1, 0.15) is 5.69 Å². The third kappa shape index (κ3) is 4.75. The standard InChI is InChI=1S/C13H19F2N3O2/c1-8(2)7-20-4-3-17-13(19)9-5-10(14)12(18-16)11(15)6-9/h5-6,8,18H,3-4,7,16H2,1-2H3,(H,17,19). The van der Waals surface area contributed by atoms with Crippen molar-refractivity contribution in [2.45, 2.75) is 13.8 Å². The van der Waals surface area contributed by atoms with Crippen LogP contribution in [0.1, 0.15) is 24.2 Å². The van der Waals surface area contributed by atoms with E-state index in [1.165, 1.54) is 0 Å². The Morgan fingerprint density at radius 2 is 1.95 bits per heavy atom. The van der Waals surface area contributed by atoms with Crippen LogP contribution in [0.2, 0.25) is 0 Å². The molecule has 0 saturated heterocycles. The molecule has 0 bridgehead atoms. The normalized spacial score (nSPS) is 10.7. The number of hydrogen-bond donors (Lipinski definition) is 3. The summed E-state index contributed by atoms with van der Waals surface area (Å²) >= 11 is 0. The van der Waals surface area contributed by atoms with E-state index in [2.05, 4.69) is 5.32 Å². The van der Waals surface area contributed by atoms with E-state index in [0.717, 1.165) is 12.1 Å². The van der Waals surface area contributed by atoms with Crippen molar-refractivity contribution < 1.29 is 18.3 Å². The van der Waals surface area contributed by atoms with E-state index in [4.69, 9.17) is 10.6 Å². The van der Waals surface area contributed by atoms with E-state index < -0.39 is 23.2 Å². The van der Waals surface area contributed by atoms with Gasteiger partial charge in [-0.15, -0.1) is 0 Å². The van der Waals surface area contributed by atoms with E-state index >= 15 is 0 Å². The topological polar surface area (TPSA) is 76.4 Å². The minimum absolute atomic E-state index is 0.108. The average Bonchev–Trinajstić information content (AvgIpc) is 2.37. The molecule has 1 rings (SSSR count). The zero-order valence-corrected chi connectivity index (χ0v) is 11.5. The fraction of sp³-hybridized carbons (Fsp3) is 0.462. The summed E-state index contributed by atoms with van der Waals surface area (Å²) in [6.45, 7) is 5.23. The van der Waals surface area contributed by atoms with Crippen LogP contribution in [-0.2, 0) is 4.74 Å². The van der Waals surface area contributed by atoms with Gasteiger partial charge in [0, 0.05) is 18.7 Å². The molecule has 0 atom stereocenters. The van der Waals surface area contributed by atoms with Gasteiger partial charge in [-0.1, -0.05) is 13.8 Å². The van der Waals surface area contributed by atoms with Gasteiger partial charge in [0.15, 0.2) is 11.6 Å². The van der Waals surface area contributed by atoms with Crippen LogP contribution in [0.15, 0.2) is 12.1 Å². The predicted molar refractivity (Wildman–Crippen MR) is 72.2 cm³/mol. The van der Waals surface area contributed by atoms with E-state index in [0.29, 0.717) is 19.1 Å². The van der Waals surface area contributed by atoms with Crippen molar-refractivity contribution in [3.05, 3.63) is 29.3 Å². The summed E-state index contributed by atoms with van der Waals surface area (Å²) in [5, 5.41) is 2.52. The molecule has 20 heavy (non-hydrogen) atoms. The number of carbonyl (C=O) groups excluding carboxylic acids is 1. The quantitative estimate of drug-likeness (QED) is 0.405. The molecule has 0 aliphatic heterocycles. The summed E-state index contributed by atoms with van der Waals surface area (Å²) in [5.41, 5.74) is 1.32. The molecule has 0 heterocycles. The first-order chi connectivity index (χ1) is 9.45. The largest absolute Gasteiger partial charge is 0.379 e. The highest BCUT2D eigenvalue weighted by molar-refractivity contribution is 5.94. The Kier molecular flexibility index (Phi) is 6.33. The summed E-state index contributed by atoms with van der Waals surface area (Å²) in [5.74, 6) is 2.96. The number of hydrazine groups is 1. The maximum Gasteiger partial charge on any atom is 0.251 e. The van der Waals surface area contributed by atoms with Gasteiger partial charge in [0.2, 0.25) is 0 Å². The van der Waals surface area contributed by atoms with Crippen molar-refractivity contribution >= 4 is 11.6 Å². The average molecular weight is 287 g/mol. The molecule has 1 amide bonds. The van der Waals surface area contributed by atoms with E-state index in [1.54, 1.807) is 0 Å². The molecule has 0 unspecified atom stereocenters. The van der Waals surface area contributed by atoms with Gasteiger partial charge in [0.25, 0.3) is 5.91 Å². The van der Waals surface area contributed by atoms with Gasteiger partial charge >= 0.3 is 0 Å². The minimum atomic E-state index is -0.922. The zero-order chi connectivity index (χ0) is 15.1. The molecule has 0 spiro atoms. The first kappa shape index (κ1) is 16.3. The maximum absolute atomic E-state index is 13.4. The molecule has 112 valence electrons. The molecule has 5 nitrogen and oxygen atoms in total. The van der Waals surface area contributed by atoms with Crippen LogP contribution in [0, 0.1) is 17.6 Å². The molecule has 0 radical (unpaired) electrons. The second kappa shape index (κ2) is 7.76. The van der Waals surface area contributed by atoms with Crippen molar-refractivity contribution in [2.75, 3.05) is 25.2 Å². The van der Waals surface area contributed by atoms with Crippen LogP contribution in [0.4, 0.5) is 14.5 Å². The number of amides is 1. The summed E-state index contributed by atoms with van der Waals surface area (Å²) in [6, 6.07) is 1.84. The monoisotopic (exact) mass is 287 g/mol. The third-order valence-corrected chi connectivity index (χ3v) is 2.43. The van der Waals surface area contributed by atoms with E-state index in [-0.39, 0.29) is 12.1 Å². The number of rotatable bonds is 7. The van der Waals surface area contributed by atoms with Crippen molar-refractivity contribution in [1.82, 2.24) is 5.32 Å². The number of nitrogen functional groups attached to an aromatic ring is 1. The Bertz CT molecular complexity index is 444. The number of nitrogens with one attached hydrogen (secondary N) is 2. The molecular weight excluding hydrogens is 268 g/mol. The van der Waals surface area contributed by atoms with Crippen LogP contribution < -0.4 is 16.6 Å². The van der Waals surface area contributed by atoms with Gasteiger partial charge in [-0.25, -0.2) is 8.78 Å². The lowest BCUT2D eigenvalue weighted by Gasteiger charge is -2.09. The second-order valence-corrected chi connectivity index (χ2v) is 4.68. The second-order valence-electron chi connectivity index (χ2n) is 4.68. The number of benzene rings is 1. The summed E-state index contributed by atoms with van der Waals surface area (Å²) in [6.07, 6.45) is 0. The van der Waals surface area contributed by atoms with Crippen molar-refractivity contribution in [1.29, 1.82) is 0 Å². The van der Waals surface area contributed by atoms with Crippen molar-refractivity contribution in [3.8, 4) is 0 Å². The maximum atomic E-state index is 13.4. The number of hydrogen-bond acceptors (Lipinski definition) is 4. The summed E-state index contributed by atoms with van der Waals surface area (Å²) < 4.78 is 32.1. The Hall–Kier alpha value is -1.73. The lowest BCUT2D eigenvalue weighted by molar-refractivity contribution is 0.0885. The number of ether oxygens (including phenoxy) is 1. The highest BCUT2D eigenvalue weighted by Gasteiger charge is 2.14. The summed E-state index contributed by atoms with van der Waals surface area (Å²) in [7, 11) is 0. The molecule has 0 aliphatic rings. The number of nitrogens with two attached hydrogens (primary N) is 1. The van der Waals surface area contributed by atoms with Crippen LogP contribution in [0.3, 0.4) is 0 Å². The number of anilines is 1. The van der Waals surface area contributed by atoms with E-state index in [9.17, 15) is 13.6 Å². The van der Waals surface area contributed by atoms with Gasteiger partial charge in [0.05, 0.1) is 6.61 Å². The molecule has 1 aromatic carbocycles. The van der Waals surface area contributed by atoms with Gasteiger partial charge in [-0.05, 0) is 18.1 Å². The Morgan fingerprint density at radius 1 is 1.35 bits per heavy atom. The molecular formula is C13H19F2N3O2. The zero-order valence-electron chi connectivity index (χ0n) is 11.5. The first-order valence-electron chi connectivity index (χ1n) is 6.27. The first-order valence-corrected chi connectivity index (χ1v) is 6.27. The number of halogens is 2. The van der Waals surface area contributed by atoms with Gasteiger partial charge < -0.3 is 15.5 Å². The lowest BCUT2D eigenvalue weighted by atomic mass is 10.1.